The highest BCUT2D eigenvalue weighted by atomic mass is 19.1. The van der Waals surface area contributed by atoms with Gasteiger partial charge in [0.15, 0.2) is 0 Å². The number of rotatable bonds is 7. The molecule has 0 saturated carbocycles. The number of hydrogen-bond acceptors (Lipinski definition) is 4. The fourth-order valence-corrected chi connectivity index (χ4v) is 3.77. The monoisotopic (exact) mass is 488 g/mol. The summed E-state index contributed by atoms with van der Waals surface area (Å²) < 4.78 is 20.9. The van der Waals surface area contributed by atoms with Gasteiger partial charge in [0, 0.05) is 17.0 Å². The number of nitrogens with one attached hydrogen (secondary N) is 1. The summed E-state index contributed by atoms with van der Waals surface area (Å²) in [6, 6.07) is 18.4. The molecule has 0 fully saturated rings. The Morgan fingerprint density at radius 2 is 1.83 bits per heavy atom. The van der Waals surface area contributed by atoms with E-state index in [1.807, 2.05) is 58.0 Å². The van der Waals surface area contributed by atoms with Crippen LogP contribution in [0.1, 0.15) is 48.1 Å². The number of halogens is 1. The first-order valence-corrected chi connectivity index (χ1v) is 11.7. The minimum absolute atomic E-state index is 0.0556. The molecular weight excluding hydrogens is 459 g/mol. The number of carbonyl (C=O) groups is 2. The SMILES string of the molecule is Cc1ccccc1-n1nc(C(C)(C)C)cc1NC(=O)CN(Cc1ccco1)C(=O)c1cccc(F)c1. The Balaban J connectivity index is 1.62. The molecule has 186 valence electrons. The molecule has 0 bridgehead atoms. The first-order valence-electron chi connectivity index (χ1n) is 11.7. The third-order valence-electron chi connectivity index (χ3n) is 5.71. The van der Waals surface area contributed by atoms with Crippen LogP contribution in [0.5, 0.6) is 0 Å². The standard InChI is InChI=1S/C28H29FN4O3/c1-19-9-5-6-13-23(19)33-25(16-24(31-33)28(2,3)4)30-26(34)18-32(17-22-12-8-14-36-22)27(35)20-10-7-11-21(29)15-20/h5-16H,17-18H2,1-4H3,(H,30,34). The number of amides is 2. The van der Waals surface area contributed by atoms with Crippen molar-refractivity contribution in [3.8, 4) is 5.69 Å². The zero-order valence-electron chi connectivity index (χ0n) is 20.8. The van der Waals surface area contributed by atoms with Crippen LogP contribution in [-0.2, 0) is 16.8 Å². The van der Waals surface area contributed by atoms with E-state index in [0.29, 0.717) is 11.6 Å². The van der Waals surface area contributed by atoms with E-state index in [1.165, 1.54) is 29.4 Å². The number of benzene rings is 2. The molecule has 36 heavy (non-hydrogen) atoms. The summed E-state index contributed by atoms with van der Waals surface area (Å²) >= 11 is 0. The molecule has 0 atom stereocenters. The van der Waals surface area contributed by atoms with Crippen molar-refractivity contribution < 1.29 is 18.4 Å². The fourth-order valence-electron chi connectivity index (χ4n) is 3.77. The van der Waals surface area contributed by atoms with Crippen LogP contribution >= 0.6 is 0 Å². The van der Waals surface area contributed by atoms with E-state index in [0.717, 1.165) is 23.0 Å². The highest BCUT2D eigenvalue weighted by Crippen LogP contribution is 2.27. The van der Waals surface area contributed by atoms with Crippen molar-refractivity contribution in [1.82, 2.24) is 14.7 Å². The highest BCUT2D eigenvalue weighted by molar-refractivity contribution is 5.99. The number of furan rings is 1. The van der Waals surface area contributed by atoms with E-state index in [-0.39, 0.29) is 24.1 Å². The van der Waals surface area contributed by atoms with Crippen molar-refractivity contribution in [2.24, 2.45) is 0 Å². The van der Waals surface area contributed by atoms with E-state index in [1.54, 1.807) is 16.8 Å². The number of aryl methyl sites for hydroxylation is 1. The third kappa shape index (κ3) is 5.71. The van der Waals surface area contributed by atoms with E-state index in [4.69, 9.17) is 9.52 Å². The Kier molecular flexibility index (Phi) is 7.05. The van der Waals surface area contributed by atoms with Gasteiger partial charge in [-0.25, -0.2) is 9.07 Å². The van der Waals surface area contributed by atoms with Crippen LogP contribution in [0.15, 0.2) is 77.4 Å². The minimum atomic E-state index is -0.528. The van der Waals surface area contributed by atoms with Gasteiger partial charge in [0.25, 0.3) is 5.91 Å². The average molecular weight is 489 g/mol. The number of carbonyl (C=O) groups excluding carboxylic acids is 2. The number of anilines is 1. The molecule has 0 aliphatic rings. The second-order valence-electron chi connectivity index (χ2n) is 9.66. The molecule has 0 radical (unpaired) electrons. The van der Waals surface area contributed by atoms with Gasteiger partial charge in [-0.1, -0.05) is 45.0 Å². The summed E-state index contributed by atoms with van der Waals surface area (Å²) in [6.45, 7) is 7.91. The van der Waals surface area contributed by atoms with Crippen LogP contribution in [0.25, 0.3) is 5.69 Å². The first-order chi connectivity index (χ1) is 17.1. The second-order valence-corrected chi connectivity index (χ2v) is 9.66. The molecule has 2 heterocycles. The van der Waals surface area contributed by atoms with Crippen molar-refractivity contribution in [1.29, 1.82) is 0 Å². The molecule has 0 unspecified atom stereocenters. The molecule has 2 amide bonds. The summed E-state index contributed by atoms with van der Waals surface area (Å²) in [5.41, 5.74) is 2.55. The smallest absolute Gasteiger partial charge is 0.254 e. The Bertz CT molecular complexity index is 1370. The van der Waals surface area contributed by atoms with E-state index in [2.05, 4.69) is 5.32 Å². The number of aromatic nitrogens is 2. The van der Waals surface area contributed by atoms with Gasteiger partial charge in [0.2, 0.25) is 5.91 Å². The average Bonchev–Trinajstić information content (AvgIpc) is 3.48. The molecule has 4 rings (SSSR count). The Hall–Kier alpha value is -4.20. The summed E-state index contributed by atoms with van der Waals surface area (Å²) in [4.78, 5) is 27.8. The van der Waals surface area contributed by atoms with Crippen molar-refractivity contribution >= 4 is 17.6 Å². The van der Waals surface area contributed by atoms with Gasteiger partial charge >= 0.3 is 0 Å². The minimum Gasteiger partial charge on any atom is -0.467 e. The van der Waals surface area contributed by atoms with Gasteiger partial charge in [0.05, 0.1) is 24.2 Å². The molecule has 2 aromatic heterocycles. The Labute approximate surface area is 209 Å². The van der Waals surface area contributed by atoms with Crippen LogP contribution in [0.4, 0.5) is 10.2 Å². The molecule has 0 aliphatic heterocycles. The first kappa shape index (κ1) is 24.9. The van der Waals surface area contributed by atoms with Crippen LogP contribution < -0.4 is 5.32 Å². The lowest BCUT2D eigenvalue weighted by Crippen LogP contribution is -2.37. The van der Waals surface area contributed by atoms with Gasteiger partial charge in [-0.2, -0.15) is 5.10 Å². The van der Waals surface area contributed by atoms with Crippen molar-refractivity contribution in [2.45, 2.75) is 39.7 Å². The largest absolute Gasteiger partial charge is 0.467 e. The zero-order chi connectivity index (χ0) is 25.9. The van der Waals surface area contributed by atoms with Crippen molar-refractivity contribution in [3.63, 3.8) is 0 Å². The molecule has 0 saturated heterocycles. The maximum Gasteiger partial charge on any atom is 0.254 e. The maximum absolute atomic E-state index is 13.8. The molecule has 2 aromatic carbocycles. The van der Waals surface area contributed by atoms with Gasteiger partial charge in [-0.15, -0.1) is 0 Å². The van der Waals surface area contributed by atoms with Gasteiger partial charge in [0.1, 0.15) is 23.9 Å². The summed E-state index contributed by atoms with van der Waals surface area (Å²) in [7, 11) is 0. The molecule has 1 N–H and O–H groups in total. The Morgan fingerprint density at radius 3 is 2.50 bits per heavy atom. The normalized spacial score (nSPS) is 11.4. The zero-order valence-corrected chi connectivity index (χ0v) is 20.8. The summed E-state index contributed by atoms with van der Waals surface area (Å²) in [6.07, 6.45) is 1.50. The van der Waals surface area contributed by atoms with Gasteiger partial charge in [-0.3, -0.25) is 9.59 Å². The lowest BCUT2D eigenvalue weighted by molar-refractivity contribution is -0.117. The van der Waals surface area contributed by atoms with E-state index in [9.17, 15) is 14.0 Å². The maximum atomic E-state index is 13.8. The van der Waals surface area contributed by atoms with Crippen LogP contribution in [-0.4, -0.2) is 33.0 Å². The highest BCUT2D eigenvalue weighted by Gasteiger charge is 2.24. The van der Waals surface area contributed by atoms with Crippen molar-refractivity contribution in [2.75, 3.05) is 11.9 Å². The number of nitrogens with zero attached hydrogens (tertiary/aromatic N) is 3. The van der Waals surface area contributed by atoms with Crippen molar-refractivity contribution in [3.05, 3.63) is 101 Å². The molecule has 0 spiro atoms. The molecule has 8 heteroatoms. The molecule has 0 aliphatic carbocycles. The van der Waals surface area contributed by atoms with Crippen LogP contribution in [0, 0.1) is 12.7 Å². The topological polar surface area (TPSA) is 80.4 Å². The van der Waals surface area contributed by atoms with Gasteiger partial charge < -0.3 is 14.6 Å². The van der Waals surface area contributed by atoms with Crippen LogP contribution in [0.3, 0.4) is 0 Å². The quantitative estimate of drug-likeness (QED) is 0.373. The summed E-state index contributed by atoms with van der Waals surface area (Å²) in [5.74, 6) is -0.423. The predicted octanol–water partition coefficient (Wildman–Crippen LogP) is 5.49. The second kappa shape index (κ2) is 10.2. The van der Waals surface area contributed by atoms with Crippen LogP contribution in [0.2, 0.25) is 0 Å². The van der Waals surface area contributed by atoms with Gasteiger partial charge in [-0.05, 0) is 48.9 Å². The Morgan fingerprint density at radius 1 is 1.06 bits per heavy atom. The lowest BCUT2D eigenvalue weighted by Gasteiger charge is -2.21. The number of para-hydroxylation sites is 1. The molecule has 4 aromatic rings. The lowest BCUT2D eigenvalue weighted by atomic mass is 9.92. The molecular formula is C28H29FN4O3. The van der Waals surface area contributed by atoms with E-state index >= 15 is 0 Å². The number of hydrogen-bond donors (Lipinski definition) is 1. The summed E-state index contributed by atoms with van der Waals surface area (Å²) in [5, 5.41) is 7.68. The van der Waals surface area contributed by atoms with E-state index < -0.39 is 17.6 Å². The molecule has 7 nitrogen and oxygen atoms in total. The fraction of sp³-hybridized carbons (Fsp3) is 0.250. The predicted molar refractivity (Wildman–Crippen MR) is 135 cm³/mol. The third-order valence-corrected chi connectivity index (χ3v) is 5.71.